The predicted octanol–water partition coefficient (Wildman–Crippen LogP) is 2.26. The Hall–Kier alpha value is -2.12. The first-order chi connectivity index (χ1) is 12.0. The van der Waals surface area contributed by atoms with E-state index in [2.05, 4.69) is 20.7 Å². The number of carbonyl (C=O) groups excluding carboxylic acids is 1. The van der Waals surface area contributed by atoms with Crippen LogP contribution in [0, 0.1) is 6.92 Å². The minimum atomic E-state index is -0.285. The Morgan fingerprint density at radius 3 is 2.96 bits per heavy atom. The molecule has 1 aliphatic heterocycles. The van der Waals surface area contributed by atoms with Gasteiger partial charge in [-0.1, -0.05) is 17.7 Å². The number of nitrogens with zero attached hydrogens (tertiary/aromatic N) is 3. The summed E-state index contributed by atoms with van der Waals surface area (Å²) in [6.07, 6.45) is 2.02. The molecule has 0 saturated carbocycles. The molecule has 7 nitrogen and oxygen atoms in total. The molecule has 0 bridgehead atoms. The molecule has 0 unspecified atom stereocenters. The Kier molecular flexibility index (Phi) is 5.55. The average molecular weight is 364 g/mol. The number of rotatable bonds is 5. The van der Waals surface area contributed by atoms with Crippen molar-refractivity contribution in [3.05, 3.63) is 34.6 Å². The number of halogens is 1. The van der Waals surface area contributed by atoms with Gasteiger partial charge in [0.15, 0.2) is 12.4 Å². The van der Waals surface area contributed by atoms with Gasteiger partial charge in [-0.05, 0) is 45.0 Å². The van der Waals surface area contributed by atoms with Crippen LogP contribution in [0.5, 0.6) is 5.75 Å². The molecule has 134 valence electrons. The number of aryl methyl sites for hydroxylation is 1. The number of hydrogen-bond donors (Lipinski definition) is 2. The number of piperidine rings is 1. The molecule has 1 saturated heterocycles. The monoisotopic (exact) mass is 363 g/mol. The van der Waals surface area contributed by atoms with Crippen LogP contribution in [-0.2, 0) is 11.8 Å². The van der Waals surface area contributed by atoms with Gasteiger partial charge in [0.2, 0.25) is 5.95 Å². The molecular formula is C17H22ClN5O2. The quantitative estimate of drug-likeness (QED) is 0.851. The van der Waals surface area contributed by atoms with E-state index in [0.717, 1.165) is 37.3 Å². The first-order valence-corrected chi connectivity index (χ1v) is 8.72. The van der Waals surface area contributed by atoms with Crippen LogP contribution in [-0.4, -0.2) is 40.4 Å². The number of amides is 1. The van der Waals surface area contributed by atoms with E-state index in [1.165, 1.54) is 0 Å². The number of ether oxygens (including phenoxy) is 1. The summed E-state index contributed by atoms with van der Waals surface area (Å²) < 4.78 is 7.15. The molecule has 25 heavy (non-hydrogen) atoms. The van der Waals surface area contributed by atoms with Gasteiger partial charge in [0, 0.05) is 23.6 Å². The smallest absolute Gasteiger partial charge is 0.264 e. The third-order valence-corrected chi connectivity index (χ3v) is 4.72. The summed E-state index contributed by atoms with van der Waals surface area (Å²) in [6.45, 7) is 3.68. The van der Waals surface area contributed by atoms with Gasteiger partial charge >= 0.3 is 0 Å². The van der Waals surface area contributed by atoms with E-state index in [9.17, 15) is 4.79 Å². The molecule has 1 aliphatic rings. The zero-order valence-electron chi connectivity index (χ0n) is 14.4. The maximum absolute atomic E-state index is 12.2. The highest BCUT2D eigenvalue weighted by Crippen LogP contribution is 2.25. The number of benzene rings is 1. The second kappa shape index (κ2) is 7.84. The average Bonchev–Trinajstić information content (AvgIpc) is 2.98. The SMILES string of the molecule is Cc1c(Cl)cccc1OCC(=O)Nc1nc(C2CCNCC2)nn1C. The molecule has 2 aromatic rings. The first-order valence-electron chi connectivity index (χ1n) is 8.34. The van der Waals surface area contributed by atoms with Crippen LogP contribution in [0.1, 0.15) is 30.1 Å². The van der Waals surface area contributed by atoms with Gasteiger partial charge in [0.1, 0.15) is 5.75 Å². The van der Waals surface area contributed by atoms with Gasteiger partial charge in [0.25, 0.3) is 5.91 Å². The molecule has 1 fully saturated rings. The van der Waals surface area contributed by atoms with E-state index in [1.54, 1.807) is 29.9 Å². The lowest BCUT2D eigenvalue weighted by Gasteiger charge is -2.19. The van der Waals surface area contributed by atoms with Crippen molar-refractivity contribution >= 4 is 23.5 Å². The van der Waals surface area contributed by atoms with Gasteiger partial charge in [-0.25, -0.2) is 4.68 Å². The number of nitrogens with one attached hydrogen (secondary N) is 2. The third kappa shape index (κ3) is 4.29. The van der Waals surface area contributed by atoms with Crippen LogP contribution in [0.3, 0.4) is 0 Å². The van der Waals surface area contributed by atoms with Crippen LogP contribution in [0.4, 0.5) is 5.95 Å². The second-order valence-electron chi connectivity index (χ2n) is 6.14. The number of aromatic nitrogens is 3. The van der Waals surface area contributed by atoms with Crippen LogP contribution < -0.4 is 15.4 Å². The van der Waals surface area contributed by atoms with Crippen LogP contribution >= 0.6 is 11.6 Å². The summed E-state index contributed by atoms with van der Waals surface area (Å²) in [5, 5.41) is 11.1. The van der Waals surface area contributed by atoms with Crippen molar-refractivity contribution < 1.29 is 9.53 Å². The van der Waals surface area contributed by atoms with Crippen LogP contribution in [0.25, 0.3) is 0 Å². The molecule has 0 aliphatic carbocycles. The van der Waals surface area contributed by atoms with Crippen molar-refractivity contribution in [2.75, 3.05) is 25.0 Å². The summed E-state index contributed by atoms with van der Waals surface area (Å²) in [5.41, 5.74) is 0.809. The van der Waals surface area contributed by atoms with E-state index >= 15 is 0 Å². The highest BCUT2D eigenvalue weighted by molar-refractivity contribution is 6.31. The molecular weight excluding hydrogens is 342 g/mol. The van der Waals surface area contributed by atoms with E-state index in [0.29, 0.717) is 22.6 Å². The summed E-state index contributed by atoms with van der Waals surface area (Å²) in [6, 6.07) is 5.36. The zero-order valence-corrected chi connectivity index (χ0v) is 15.1. The highest BCUT2D eigenvalue weighted by atomic mass is 35.5. The predicted molar refractivity (Wildman–Crippen MR) is 96.2 cm³/mol. The van der Waals surface area contributed by atoms with Crippen LogP contribution in [0.15, 0.2) is 18.2 Å². The lowest BCUT2D eigenvalue weighted by Crippen LogP contribution is -2.27. The van der Waals surface area contributed by atoms with E-state index in [-0.39, 0.29) is 12.5 Å². The second-order valence-corrected chi connectivity index (χ2v) is 6.55. The molecule has 1 aromatic carbocycles. The maximum atomic E-state index is 12.2. The van der Waals surface area contributed by atoms with Crippen molar-refractivity contribution in [1.82, 2.24) is 20.1 Å². The molecule has 1 aromatic heterocycles. The largest absolute Gasteiger partial charge is 0.483 e. The summed E-state index contributed by atoms with van der Waals surface area (Å²) in [4.78, 5) is 16.6. The van der Waals surface area contributed by atoms with Gasteiger partial charge in [-0.15, -0.1) is 0 Å². The topological polar surface area (TPSA) is 81.1 Å². The standard InChI is InChI=1S/C17H22ClN5O2/c1-11-13(18)4-3-5-14(11)25-10-15(24)20-17-21-16(22-23(17)2)12-6-8-19-9-7-12/h3-5,12,19H,6-10H2,1-2H3,(H,20,21,22,24). The Balaban J connectivity index is 1.59. The Morgan fingerprint density at radius 1 is 1.44 bits per heavy atom. The van der Waals surface area contributed by atoms with Crippen molar-refractivity contribution in [3.8, 4) is 5.75 Å². The fraction of sp³-hybridized carbons (Fsp3) is 0.471. The van der Waals surface area contributed by atoms with Crippen LogP contribution in [0.2, 0.25) is 5.02 Å². The number of carbonyl (C=O) groups is 1. The zero-order chi connectivity index (χ0) is 17.8. The lowest BCUT2D eigenvalue weighted by molar-refractivity contribution is -0.118. The highest BCUT2D eigenvalue weighted by Gasteiger charge is 2.21. The van der Waals surface area contributed by atoms with E-state index in [4.69, 9.17) is 16.3 Å². The van der Waals surface area contributed by atoms with Crippen molar-refractivity contribution in [1.29, 1.82) is 0 Å². The van der Waals surface area contributed by atoms with E-state index < -0.39 is 0 Å². The number of anilines is 1. The molecule has 2 heterocycles. The number of hydrogen-bond acceptors (Lipinski definition) is 5. The van der Waals surface area contributed by atoms with Gasteiger partial charge in [-0.2, -0.15) is 10.1 Å². The van der Waals surface area contributed by atoms with Crippen molar-refractivity contribution in [2.45, 2.75) is 25.7 Å². The van der Waals surface area contributed by atoms with Gasteiger partial charge < -0.3 is 10.1 Å². The van der Waals surface area contributed by atoms with E-state index in [1.807, 2.05) is 6.92 Å². The molecule has 3 rings (SSSR count). The lowest BCUT2D eigenvalue weighted by atomic mass is 9.98. The van der Waals surface area contributed by atoms with Crippen molar-refractivity contribution in [3.63, 3.8) is 0 Å². The molecule has 2 N–H and O–H groups in total. The Morgan fingerprint density at radius 2 is 2.20 bits per heavy atom. The summed E-state index contributed by atoms with van der Waals surface area (Å²) >= 11 is 6.05. The minimum absolute atomic E-state index is 0.114. The molecule has 0 atom stereocenters. The molecule has 1 amide bonds. The van der Waals surface area contributed by atoms with Crippen molar-refractivity contribution in [2.24, 2.45) is 7.05 Å². The van der Waals surface area contributed by atoms with Gasteiger partial charge in [0.05, 0.1) is 0 Å². The fourth-order valence-corrected chi connectivity index (χ4v) is 2.98. The minimum Gasteiger partial charge on any atom is -0.483 e. The summed E-state index contributed by atoms with van der Waals surface area (Å²) in [7, 11) is 1.77. The van der Waals surface area contributed by atoms with Gasteiger partial charge in [-0.3, -0.25) is 10.1 Å². The molecule has 0 spiro atoms. The first kappa shape index (κ1) is 17.7. The molecule has 8 heteroatoms. The maximum Gasteiger partial charge on any atom is 0.264 e. The molecule has 0 radical (unpaired) electrons. The Bertz CT molecular complexity index is 755. The fourth-order valence-electron chi connectivity index (χ4n) is 2.81. The normalized spacial score (nSPS) is 15.2. The third-order valence-electron chi connectivity index (χ3n) is 4.31. The Labute approximate surface area is 151 Å². The summed E-state index contributed by atoms with van der Waals surface area (Å²) in [5.74, 6) is 1.86.